The topological polar surface area (TPSA) is 55.9 Å². The molecule has 2 amide bonds. The summed E-state index contributed by atoms with van der Waals surface area (Å²) in [5.74, 6) is -0.0286. The molecule has 0 atom stereocenters. The Bertz CT molecular complexity index is 952. The van der Waals surface area contributed by atoms with Gasteiger partial charge in [0.2, 0.25) is 0 Å². The van der Waals surface area contributed by atoms with Crippen LogP contribution in [0.25, 0.3) is 0 Å². The SMILES string of the molecule is CC(=O)c1ccc(N2CCN(C(=O)NCC3CCN(Cc4ccccc4)CC3)CC2)c(F)c1. The molecule has 33 heavy (non-hydrogen) atoms. The van der Waals surface area contributed by atoms with Gasteiger partial charge in [0.05, 0.1) is 5.69 Å². The van der Waals surface area contributed by atoms with Crippen molar-refractivity contribution in [2.24, 2.45) is 5.92 Å². The molecule has 2 heterocycles. The standard InChI is InChI=1S/C26H33FN4O2/c1-20(32)23-7-8-25(24(27)17-23)30-13-15-31(16-14-30)26(33)28-18-21-9-11-29(12-10-21)19-22-5-3-2-4-6-22/h2-8,17,21H,9-16,18-19H2,1H3,(H,28,33). The largest absolute Gasteiger partial charge is 0.366 e. The van der Waals surface area contributed by atoms with Crippen molar-refractivity contribution in [2.45, 2.75) is 26.3 Å². The highest BCUT2D eigenvalue weighted by Gasteiger charge is 2.25. The van der Waals surface area contributed by atoms with Gasteiger partial charge in [0.1, 0.15) is 5.82 Å². The van der Waals surface area contributed by atoms with Crippen LogP contribution >= 0.6 is 0 Å². The number of hydrogen-bond donors (Lipinski definition) is 1. The first-order valence-corrected chi connectivity index (χ1v) is 11.8. The summed E-state index contributed by atoms with van der Waals surface area (Å²) in [5.41, 5.74) is 2.21. The van der Waals surface area contributed by atoms with Crippen LogP contribution in [0.3, 0.4) is 0 Å². The van der Waals surface area contributed by atoms with Crippen molar-refractivity contribution in [3.05, 3.63) is 65.5 Å². The molecule has 0 unspecified atom stereocenters. The number of rotatable bonds is 6. The Balaban J connectivity index is 1.18. The van der Waals surface area contributed by atoms with Crippen molar-refractivity contribution < 1.29 is 14.0 Å². The van der Waals surface area contributed by atoms with Gasteiger partial charge >= 0.3 is 6.03 Å². The zero-order valence-electron chi connectivity index (χ0n) is 19.3. The first kappa shape index (κ1) is 23.2. The van der Waals surface area contributed by atoms with Gasteiger partial charge < -0.3 is 15.1 Å². The minimum absolute atomic E-state index is 0.0336. The molecule has 0 radical (unpaired) electrons. The quantitative estimate of drug-likeness (QED) is 0.678. The highest BCUT2D eigenvalue weighted by Crippen LogP contribution is 2.23. The van der Waals surface area contributed by atoms with E-state index in [-0.39, 0.29) is 17.6 Å². The summed E-state index contributed by atoms with van der Waals surface area (Å²) < 4.78 is 14.4. The van der Waals surface area contributed by atoms with Crippen molar-refractivity contribution in [3.63, 3.8) is 0 Å². The van der Waals surface area contributed by atoms with Crippen LogP contribution < -0.4 is 10.2 Å². The van der Waals surface area contributed by atoms with Crippen molar-refractivity contribution in [1.82, 2.24) is 15.1 Å². The maximum absolute atomic E-state index is 14.4. The summed E-state index contributed by atoms with van der Waals surface area (Å²) >= 11 is 0. The van der Waals surface area contributed by atoms with E-state index < -0.39 is 0 Å². The molecule has 1 N–H and O–H groups in total. The minimum atomic E-state index is -0.390. The lowest BCUT2D eigenvalue weighted by Crippen LogP contribution is -2.52. The van der Waals surface area contributed by atoms with E-state index in [0.29, 0.717) is 49.9 Å². The maximum atomic E-state index is 14.4. The van der Waals surface area contributed by atoms with Crippen LogP contribution in [-0.4, -0.2) is 67.4 Å². The molecular weight excluding hydrogens is 419 g/mol. The second kappa shape index (κ2) is 10.8. The second-order valence-electron chi connectivity index (χ2n) is 9.09. The molecule has 2 aromatic carbocycles. The van der Waals surface area contributed by atoms with Crippen LogP contribution in [0.1, 0.15) is 35.7 Å². The van der Waals surface area contributed by atoms with Crippen LogP contribution in [0.4, 0.5) is 14.9 Å². The summed E-state index contributed by atoms with van der Waals surface area (Å²) in [5, 5.41) is 3.11. The van der Waals surface area contributed by atoms with Crippen molar-refractivity contribution >= 4 is 17.5 Å². The number of halogens is 1. The summed E-state index contributed by atoms with van der Waals surface area (Å²) in [6.07, 6.45) is 2.19. The van der Waals surface area contributed by atoms with E-state index in [1.165, 1.54) is 18.6 Å². The molecule has 0 saturated carbocycles. The fourth-order valence-corrected chi connectivity index (χ4v) is 4.67. The summed E-state index contributed by atoms with van der Waals surface area (Å²) in [7, 11) is 0. The average molecular weight is 453 g/mol. The molecule has 4 rings (SSSR count). The maximum Gasteiger partial charge on any atom is 0.317 e. The van der Waals surface area contributed by atoms with Crippen LogP contribution in [0.2, 0.25) is 0 Å². The predicted octanol–water partition coefficient (Wildman–Crippen LogP) is 3.77. The number of carbonyl (C=O) groups is 2. The number of likely N-dealkylation sites (tertiary alicyclic amines) is 1. The number of Topliss-reactive ketones (excluding diaryl/α,β-unsaturated/α-hetero) is 1. The lowest BCUT2D eigenvalue weighted by atomic mass is 9.96. The van der Waals surface area contributed by atoms with Crippen molar-refractivity contribution in [1.29, 1.82) is 0 Å². The Morgan fingerprint density at radius 2 is 1.67 bits per heavy atom. The Morgan fingerprint density at radius 3 is 2.30 bits per heavy atom. The Hall–Kier alpha value is -2.93. The summed E-state index contributed by atoms with van der Waals surface area (Å²) in [6.45, 7) is 7.49. The lowest BCUT2D eigenvalue weighted by molar-refractivity contribution is 0.101. The molecule has 6 nitrogen and oxygen atoms in total. The van der Waals surface area contributed by atoms with Crippen molar-refractivity contribution in [2.75, 3.05) is 50.7 Å². The number of amides is 2. The highest BCUT2D eigenvalue weighted by molar-refractivity contribution is 5.94. The number of ketones is 1. The third kappa shape index (κ3) is 6.11. The minimum Gasteiger partial charge on any atom is -0.366 e. The fourth-order valence-electron chi connectivity index (χ4n) is 4.67. The molecule has 7 heteroatoms. The first-order chi connectivity index (χ1) is 16.0. The predicted molar refractivity (Wildman–Crippen MR) is 128 cm³/mol. The Labute approximate surface area is 195 Å². The van der Waals surface area contributed by atoms with Gasteiger partial charge in [-0.25, -0.2) is 9.18 Å². The summed E-state index contributed by atoms with van der Waals surface area (Å²) in [4.78, 5) is 30.3. The third-order valence-corrected chi connectivity index (χ3v) is 6.76. The van der Waals surface area contributed by atoms with Crippen LogP contribution in [0.5, 0.6) is 0 Å². The fraction of sp³-hybridized carbons (Fsp3) is 0.462. The van der Waals surface area contributed by atoms with Gasteiger partial charge in [0.25, 0.3) is 0 Å². The zero-order valence-corrected chi connectivity index (χ0v) is 19.3. The van der Waals surface area contributed by atoms with E-state index in [9.17, 15) is 14.0 Å². The molecular formula is C26H33FN4O2. The van der Waals surface area contributed by atoms with E-state index in [1.54, 1.807) is 12.1 Å². The smallest absolute Gasteiger partial charge is 0.317 e. The zero-order chi connectivity index (χ0) is 23.2. The number of anilines is 1. The Morgan fingerprint density at radius 1 is 0.970 bits per heavy atom. The number of benzene rings is 2. The molecule has 2 fully saturated rings. The average Bonchev–Trinajstić information content (AvgIpc) is 2.84. The number of hydrogen-bond acceptors (Lipinski definition) is 4. The normalized spacial score (nSPS) is 17.8. The highest BCUT2D eigenvalue weighted by atomic mass is 19.1. The number of urea groups is 1. The molecule has 2 aliphatic heterocycles. The monoisotopic (exact) mass is 452 g/mol. The second-order valence-corrected chi connectivity index (χ2v) is 9.09. The summed E-state index contributed by atoms with van der Waals surface area (Å²) in [6, 6.07) is 15.1. The number of carbonyl (C=O) groups excluding carboxylic acids is 2. The Kier molecular flexibility index (Phi) is 7.60. The number of piperazine rings is 1. The van der Waals surface area contributed by atoms with Gasteiger partial charge in [-0.2, -0.15) is 0 Å². The number of nitrogens with zero attached hydrogens (tertiary/aromatic N) is 3. The van der Waals surface area contributed by atoms with Gasteiger partial charge in [-0.05, 0) is 62.5 Å². The van der Waals surface area contributed by atoms with E-state index >= 15 is 0 Å². The van der Waals surface area contributed by atoms with Gasteiger partial charge in [0, 0.05) is 44.8 Å². The molecule has 176 valence electrons. The van der Waals surface area contributed by atoms with E-state index in [1.807, 2.05) is 15.9 Å². The molecule has 2 aliphatic rings. The van der Waals surface area contributed by atoms with Crippen LogP contribution in [-0.2, 0) is 6.54 Å². The molecule has 0 bridgehead atoms. The van der Waals surface area contributed by atoms with Crippen molar-refractivity contribution in [3.8, 4) is 0 Å². The molecule has 0 aliphatic carbocycles. The number of piperidine rings is 1. The molecule has 0 spiro atoms. The van der Waals surface area contributed by atoms with Gasteiger partial charge in [0.15, 0.2) is 5.78 Å². The van der Waals surface area contributed by atoms with Gasteiger partial charge in [-0.15, -0.1) is 0 Å². The van der Waals surface area contributed by atoms with E-state index in [4.69, 9.17) is 0 Å². The molecule has 0 aromatic heterocycles. The molecule has 2 aromatic rings. The van der Waals surface area contributed by atoms with Gasteiger partial charge in [-0.1, -0.05) is 30.3 Å². The van der Waals surface area contributed by atoms with E-state index in [2.05, 4.69) is 34.5 Å². The van der Waals surface area contributed by atoms with Gasteiger partial charge in [-0.3, -0.25) is 9.69 Å². The van der Waals surface area contributed by atoms with Crippen LogP contribution in [0, 0.1) is 11.7 Å². The lowest BCUT2D eigenvalue weighted by Gasteiger charge is -2.37. The molecule has 2 saturated heterocycles. The third-order valence-electron chi connectivity index (χ3n) is 6.76. The van der Waals surface area contributed by atoms with E-state index in [0.717, 1.165) is 32.5 Å². The number of nitrogens with one attached hydrogen (secondary N) is 1. The first-order valence-electron chi connectivity index (χ1n) is 11.8. The van der Waals surface area contributed by atoms with Crippen LogP contribution in [0.15, 0.2) is 48.5 Å².